The van der Waals surface area contributed by atoms with Gasteiger partial charge in [0.2, 0.25) is 0 Å². The van der Waals surface area contributed by atoms with Gasteiger partial charge in [0.1, 0.15) is 12.2 Å². The van der Waals surface area contributed by atoms with Crippen LogP contribution in [0.2, 0.25) is 0 Å². The molecule has 5 heteroatoms. The molecule has 4 bridgehead atoms. The van der Waals surface area contributed by atoms with E-state index >= 15 is 0 Å². The van der Waals surface area contributed by atoms with E-state index in [9.17, 15) is 9.59 Å². The number of hydrogen-bond acceptors (Lipinski definition) is 4. The lowest BCUT2D eigenvalue weighted by Gasteiger charge is -2.60. The van der Waals surface area contributed by atoms with Crippen molar-refractivity contribution in [1.29, 1.82) is 0 Å². The predicted octanol–water partition coefficient (Wildman–Crippen LogP) is 5.58. The molecule has 0 spiro atoms. The molecule has 1 aromatic heterocycles. The van der Waals surface area contributed by atoms with Crippen LogP contribution in [0.15, 0.2) is 27.4 Å². The second kappa shape index (κ2) is 6.69. The number of aryl methyl sites for hydroxylation is 2. The highest BCUT2D eigenvalue weighted by Crippen LogP contribution is 2.65. The van der Waals surface area contributed by atoms with Gasteiger partial charge < -0.3 is 9.15 Å². The number of halogens is 1. The molecule has 0 unspecified atom stereocenters. The number of carbonyl (C=O) groups is 1. The number of esters is 1. The van der Waals surface area contributed by atoms with E-state index in [1.165, 1.54) is 25.3 Å². The molecule has 2 aromatic rings. The van der Waals surface area contributed by atoms with Crippen LogP contribution in [0.3, 0.4) is 0 Å². The summed E-state index contributed by atoms with van der Waals surface area (Å²) in [6.07, 6.45) is 7.72. The molecule has 6 rings (SSSR count). The van der Waals surface area contributed by atoms with Crippen molar-refractivity contribution in [3.05, 3.63) is 45.3 Å². The fourth-order valence-electron chi connectivity index (χ4n) is 6.66. The number of rotatable bonds is 4. The van der Waals surface area contributed by atoms with Crippen molar-refractivity contribution in [3.63, 3.8) is 0 Å². The maximum Gasteiger partial charge on any atom is 0.336 e. The van der Waals surface area contributed by atoms with Crippen molar-refractivity contribution in [1.82, 2.24) is 0 Å². The molecule has 0 radical (unpaired) electrons. The SMILES string of the molecule is Cc1cc2oc(=O)cc(COC(=O)CC34C[C@H]5C[C@@H](CC(Br)(C5)C3)C4)c2cc1C. The van der Waals surface area contributed by atoms with E-state index in [-0.39, 0.29) is 22.3 Å². The average Bonchev–Trinajstić information content (AvgIpc) is 2.58. The molecule has 0 N–H and O–H groups in total. The van der Waals surface area contributed by atoms with E-state index in [2.05, 4.69) is 15.9 Å². The molecule has 154 valence electrons. The van der Waals surface area contributed by atoms with Crippen LogP contribution in [-0.2, 0) is 16.1 Å². The van der Waals surface area contributed by atoms with E-state index in [1.807, 2.05) is 26.0 Å². The third kappa shape index (κ3) is 3.56. The van der Waals surface area contributed by atoms with Gasteiger partial charge in [-0.2, -0.15) is 0 Å². The molecule has 2 atom stereocenters. The van der Waals surface area contributed by atoms with Crippen LogP contribution >= 0.6 is 15.9 Å². The summed E-state index contributed by atoms with van der Waals surface area (Å²) < 4.78 is 11.3. The lowest BCUT2D eigenvalue weighted by atomic mass is 9.49. The highest BCUT2D eigenvalue weighted by atomic mass is 79.9. The normalized spacial score (nSPS) is 32.7. The molecule has 0 aliphatic heterocycles. The lowest BCUT2D eigenvalue weighted by molar-refractivity contribution is -0.152. The lowest BCUT2D eigenvalue weighted by Crippen LogP contribution is -2.53. The Balaban J connectivity index is 1.33. The summed E-state index contributed by atoms with van der Waals surface area (Å²) >= 11 is 4.01. The number of hydrogen-bond donors (Lipinski definition) is 0. The summed E-state index contributed by atoms with van der Waals surface area (Å²) in [5.41, 5.74) is 3.14. The van der Waals surface area contributed by atoms with Gasteiger partial charge in [-0.05, 0) is 92.9 Å². The first-order chi connectivity index (χ1) is 13.7. The summed E-state index contributed by atoms with van der Waals surface area (Å²) in [6.45, 7) is 4.13. The molecule has 4 fully saturated rings. The van der Waals surface area contributed by atoms with E-state index in [0.717, 1.165) is 53.2 Å². The number of carbonyl (C=O) groups excluding carboxylic acids is 1. The van der Waals surface area contributed by atoms with Gasteiger partial charge in [0.05, 0.1) is 6.42 Å². The fourth-order valence-corrected chi connectivity index (χ4v) is 8.17. The number of alkyl halides is 1. The van der Waals surface area contributed by atoms with Crippen molar-refractivity contribution >= 4 is 32.9 Å². The molecule has 4 nitrogen and oxygen atoms in total. The van der Waals surface area contributed by atoms with E-state index in [1.54, 1.807) is 0 Å². The highest BCUT2D eigenvalue weighted by molar-refractivity contribution is 9.10. The Kier molecular flexibility index (Phi) is 4.47. The molecule has 29 heavy (non-hydrogen) atoms. The van der Waals surface area contributed by atoms with Crippen molar-refractivity contribution in [3.8, 4) is 0 Å². The van der Waals surface area contributed by atoms with Gasteiger partial charge in [-0.1, -0.05) is 15.9 Å². The molecule has 0 amide bonds. The zero-order chi connectivity index (χ0) is 20.4. The molecule has 4 saturated carbocycles. The maximum atomic E-state index is 12.8. The Labute approximate surface area is 179 Å². The molecule has 1 heterocycles. The summed E-state index contributed by atoms with van der Waals surface area (Å²) in [7, 11) is 0. The largest absolute Gasteiger partial charge is 0.461 e. The minimum Gasteiger partial charge on any atom is -0.461 e. The topological polar surface area (TPSA) is 56.5 Å². The molecule has 4 aliphatic carbocycles. The van der Waals surface area contributed by atoms with Gasteiger partial charge >= 0.3 is 11.6 Å². The number of benzene rings is 1. The molecule has 4 aliphatic rings. The van der Waals surface area contributed by atoms with E-state index in [4.69, 9.17) is 9.15 Å². The summed E-state index contributed by atoms with van der Waals surface area (Å²) in [5.74, 6) is 1.35. The molecular weight excluding hydrogens is 432 g/mol. The smallest absolute Gasteiger partial charge is 0.336 e. The van der Waals surface area contributed by atoms with Crippen molar-refractivity contribution in [2.75, 3.05) is 0 Å². The van der Waals surface area contributed by atoms with Gasteiger partial charge in [-0.25, -0.2) is 4.79 Å². The Morgan fingerprint density at radius 1 is 1.14 bits per heavy atom. The predicted molar refractivity (Wildman–Crippen MR) is 115 cm³/mol. The monoisotopic (exact) mass is 458 g/mol. The van der Waals surface area contributed by atoms with Crippen LogP contribution in [0.25, 0.3) is 11.0 Å². The number of ether oxygens (including phenoxy) is 1. The Hall–Kier alpha value is -1.62. The first kappa shape index (κ1) is 19.3. The number of fused-ring (bicyclic) bond motifs is 1. The maximum absolute atomic E-state index is 12.8. The second-order valence-electron chi connectivity index (χ2n) is 9.97. The zero-order valence-electron chi connectivity index (χ0n) is 17.1. The van der Waals surface area contributed by atoms with Gasteiger partial charge in [0.25, 0.3) is 0 Å². The van der Waals surface area contributed by atoms with Gasteiger partial charge in [0.15, 0.2) is 0 Å². The van der Waals surface area contributed by atoms with Crippen molar-refractivity contribution < 1.29 is 13.9 Å². The quantitative estimate of drug-likeness (QED) is 0.341. The van der Waals surface area contributed by atoms with E-state index in [0.29, 0.717) is 12.0 Å². The van der Waals surface area contributed by atoms with Crippen LogP contribution < -0.4 is 5.63 Å². The first-order valence-corrected chi connectivity index (χ1v) is 11.4. The van der Waals surface area contributed by atoms with Crippen molar-refractivity contribution in [2.24, 2.45) is 17.3 Å². The Morgan fingerprint density at radius 3 is 2.52 bits per heavy atom. The second-order valence-corrected chi connectivity index (χ2v) is 11.7. The summed E-state index contributed by atoms with van der Waals surface area (Å²) in [4.78, 5) is 24.8. The van der Waals surface area contributed by atoms with Crippen LogP contribution in [0, 0.1) is 31.1 Å². The van der Waals surface area contributed by atoms with Gasteiger partial charge in [0, 0.05) is 21.3 Å². The molecule has 0 saturated heterocycles. The average molecular weight is 459 g/mol. The Morgan fingerprint density at radius 2 is 1.83 bits per heavy atom. The minimum absolute atomic E-state index is 0.0934. The third-order valence-electron chi connectivity index (χ3n) is 7.46. The van der Waals surface area contributed by atoms with Crippen molar-refractivity contribution in [2.45, 2.75) is 69.7 Å². The van der Waals surface area contributed by atoms with Crippen LogP contribution in [0.1, 0.15) is 61.6 Å². The fraction of sp³-hybridized carbons (Fsp3) is 0.583. The van der Waals surface area contributed by atoms with Crippen LogP contribution in [-0.4, -0.2) is 10.3 Å². The summed E-state index contributed by atoms with van der Waals surface area (Å²) in [6, 6.07) is 5.33. The van der Waals surface area contributed by atoms with E-state index < -0.39 is 5.63 Å². The Bertz CT molecular complexity index is 1040. The van der Waals surface area contributed by atoms with Crippen LogP contribution in [0.4, 0.5) is 0 Å². The molecule has 1 aromatic carbocycles. The third-order valence-corrected chi connectivity index (χ3v) is 8.39. The van der Waals surface area contributed by atoms with Gasteiger partial charge in [-0.15, -0.1) is 0 Å². The van der Waals surface area contributed by atoms with Gasteiger partial charge in [-0.3, -0.25) is 4.79 Å². The minimum atomic E-state index is -0.408. The zero-order valence-corrected chi connectivity index (χ0v) is 18.6. The standard InChI is InChI=1S/C24H27BrO4/c1-14-3-19-18(6-21(26)29-20(19)4-15(14)2)12-28-22(27)11-23-7-16-5-17(8-23)10-24(25,9-16)13-23/h3-4,6,16-17H,5,7-13H2,1-2H3/t16-,17-,23?,24?/m1/s1. The van der Waals surface area contributed by atoms with Crippen LogP contribution in [0.5, 0.6) is 0 Å². The first-order valence-electron chi connectivity index (χ1n) is 10.6. The summed E-state index contributed by atoms with van der Waals surface area (Å²) in [5, 5.41) is 0.842. The molecular formula is C24H27BrO4. The highest BCUT2D eigenvalue weighted by Gasteiger charge is 2.57.